The summed E-state index contributed by atoms with van der Waals surface area (Å²) in [5.41, 5.74) is 13.1. The van der Waals surface area contributed by atoms with E-state index in [0.717, 1.165) is 4.90 Å². The number of aliphatic hydroxyl groups excluding tert-OH is 4. The molecule has 0 radical (unpaired) electrons. The number of thioether (sulfide) groups is 1. The highest BCUT2D eigenvalue weighted by Gasteiger charge is 2.48. The molecule has 5 amide bonds. The van der Waals surface area contributed by atoms with E-state index in [4.69, 9.17) is 20.9 Å². The van der Waals surface area contributed by atoms with Crippen molar-refractivity contribution in [2.24, 2.45) is 11.5 Å². The van der Waals surface area contributed by atoms with Crippen molar-refractivity contribution < 1.29 is 59.0 Å². The molecule has 55 heavy (non-hydrogen) atoms. The highest BCUT2D eigenvalue weighted by atomic mass is 32.2. The first-order valence-electron chi connectivity index (χ1n) is 17.7. The Morgan fingerprint density at radius 1 is 0.927 bits per heavy atom. The van der Waals surface area contributed by atoms with Gasteiger partial charge in [-0.3, -0.25) is 24.0 Å². The van der Waals surface area contributed by atoms with Gasteiger partial charge < -0.3 is 67.3 Å². The number of aliphatic hydroxyl groups is 4. The fourth-order valence-electron chi connectivity index (χ4n) is 6.33. The molecule has 12 N–H and O–H groups in total. The van der Waals surface area contributed by atoms with E-state index in [-0.39, 0.29) is 38.0 Å². The predicted molar refractivity (Wildman–Crippen MR) is 198 cm³/mol. The highest BCUT2D eigenvalue weighted by molar-refractivity contribution is 7.98. The van der Waals surface area contributed by atoms with Crippen molar-refractivity contribution in [3.05, 3.63) is 65.7 Å². The zero-order valence-corrected chi connectivity index (χ0v) is 31.0. The number of nitrogens with zero attached hydrogens (tertiary/aromatic N) is 1. The van der Waals surface area contributed by atoms with Crippen molar-refractivity contribution in [3.63, 3.8) is 0 Å². The van der Waals surface area contributed by atoms with Crippen LogP contribution in [0.3, 0.4) is 0 Å². The molecule has 10 atom stereocenters. The summed E-state index contributed by atoms with van der Waals surface area (Å²) in [6.07, 6.45) is -6.68. The van der Waals surface area contributed by atoms with Crippen LogP contribution >= 0.6 is 11.8 Å². The molecule has 0 aromatic heterocycles. The van der Waals surface area contributed by atoms with E-state index in [2.05, 4.69) is 16.0 Å². The van der Waals surface area contributed by atoms with Crippen molar-refractivity contribution in [1.82, 2.24) is 20.9 Å². The number of nitrogens with two attached hydrogens (primary N) is 2. The molecule has 18 nitrogen and oxygen atoms in total. The average molecular weight is 791 g/mol. The van der Waals surface area contributed by atoms with Crippen molar-refractivity contribution in [2.75, 3.05) is 31.7 Å². The maximum Gasteiger partial charge on any atom is 0.246 e. The Kier molecular flexibility index (Phi) is 16.2. The molecule has 0 aliphatic carbocycles. The molecule has 19 heteroatoms. The number of likely N-dealkylation sites (tertiary alicyclic amines) is 1. The van der Waals surface area contributed by atoms with E-state index < -0.39 is 104 Å². The third-order valence-electron chi connectivity index (χ3n) is 9.36. The van der Waals surface area contributed by atoms with Crippen molar-refractivity contribution in [3.8, 4) is 5.75 Å². The largest absolute Gasteiger partial charge is 0.508 e. The fourth-order valence-corrected chi connectivity index (χ4v) is 6.80. The number of ether oxygens (including phenoxy) is 2. The van der Waals surface area contributed by atoms with E-state index in [1.807, 2.05) is 6.26 Å². The molecule has 2 heterocycles. The maximum atomic E-state index is 14.1. The number of carbonyl (C=O) groups is 5. The number of aromatic hydroxyl groups is 1. The Morgan fingerprint density at radius 2 is 1.60 bits per heavy atom. The minimum atomic E-state index is -1.72. The summed E-state index contributed by atoms with van der Waals surface area (Å²) < 4.78 is 11.2. The second-order valence-corrected chi connectivity index (χ2v) is 14.4. The molecule has 2 saturated heterocycles. The molecule has 2 aromatic carbocycles. The van der Waals surface area contributed by atoms with Crippen molar-refractivity contribution in [2.45, 2.75) is 86.7 Å². The van der Waals surface area contributed by atoms with Crippen LogP contribution in [0.5, 0.6) is 5.75 Å². The third-order valence-corrected chi connectivity index (χ3v) is 10.0. The number of primary amides is 1. The minimum absolute atomic E-state index is 0.00903. The Hall–Kier alpha value is -4.34. The molecular formula is C36H50N6O12S. The van der Waals surface area contributed by atoms with Crippen LogP contribution < -0.4 is 27.4 Å². The van der Waals surface area contributed by atoms with Gasteiger partial charge in [-0.1, -0.05) is 42.5 Å². The van der Waals surface area contributed by atoms with Gasteiger partial charge in [0, 0.05) is 19.4 Å². The highest BCUT2D eigenvalue weighted by Crippen LogP contribution is 2.28. The Balaban J connectivity index is 1.42. The van der Waals surface area contributed by atoms with Crippen molar-refractivity contribution >= 4 is 41.3 Å². The molecule has 2 aromatic rings. The number of phenolic OH excluding ortho intramolecular Hbond substituents is 1. The molecule has 0 bridgehead atoms. The zero-order valence-electron chi connectivity index (χ0n) is 30.2. The Labute approximate surface area is 321 Å². The summed E-state index contributed by atoms with van der Waals surface area (Å²) in [5, 5.41) is 57.6. The van der Waals surface area contributed by atoms with Gasteiger partial charge in [-0.2, -0.15) is 11.8 Å². The minimum Gasteiger partial charge on any atom is -0.508 e. The first-order chi connectivity index (χ1) is 26.2. The molecule has 0 unspecified atom stereocenters. The summed E-state index contributed by atoms with van der Waals surface area (Å²) in [5.74, 6) is -2.98. The van der Waals surface area contributed by atoms with E-state index in [9.17, 15) is 49.5 Å². The summed E-state index contributed by atoms with van der Waals surface area (Å²) in [6, 6.07) is 10.5. The lowest BCUT2D eigenvalue weighted by Gasteiger charge is -2.40. The van der Waals surface area contributed by atoms with E-state index in [1.165, 1.54) is 23.9 Å². The van der Waals surface area contributed by atoms with Crippen LogP contribution in [0.15, 0.2) is 54.6 Å². The molecule has 302 valence electrons. The van der Waals surface area contributed by atoms with Gasteiger partial charge in [0.1, 0.15) is 48.3 Å². The monoisotopic (exact) mass is 790 g/mol. The lowest BCUT2D eigenvalue weighted by molar-refractivity contribution is -0.310. The fraction of sp³-hybridized carbons (Fsp3) is 0.528. The lowest BCUT2D eigenvalue weighted by atomic mass is 9.99. The Bertz CT molecular complexity index is 1610. The average Bonchev–Trinajstić information content (AvgIpc) is 3.60. The summed E-state index contributed by atoms with van der Waals surface area (Å²) in [4.78, 5) is 67.3. The van der Waals surface area contributed by atoms with Gasteiger partial charge in [0.05, 0.1) is 25.3 Å². The van der Waals surface area contributed by atoms with Crippen LogP contribution in [-0.4, -0.2) is 153 Å². The van der Waals surface area contributed by atoms with Gasteiger partial charge in [0.2, 0.25) is 29.5 Å². The van der Waals surface area contributed by atoms with E-state index in [0.29, 0.717) is 16.9 Å². The van der Waals surface area contributed by atoms with Gasteiger partial charge in [-0.05, 0) is 48.1 Å². The van der Waals surface area contributed by atoms with E-state index in [1.54, 1.807) is 42.5 Å². The summed E-state index contributed by atoms with van der Waals surface area (Å²) in [7, 11) is 0. The summed E-state index contributed by atoms with van der Waals surface area (Å²) in [6.45, 7) is -1.48. The number of hydrogen-bond donors (Lipinski definition) is 10. The normalized spacial score (nSPS) is 25.3. The number of benzene rings is 2. The molecule has 2 aliphatic heterocycles. The first-order valence-corrected chi connectivity index (χ1v) is 19.1. The van der Waals surface area contributed by atoms with E-state index >= 15 is 0 Å². The first kappa shape index (κ1) is 43.4. The molecule has 0 spiro atoms. The molecular weight excluding hydrogens is 740 g/mol. The number of amides is 5. The quantitative estimate of drug-likeness (QED) is 0.0705. The second-order valence-electron chi connectivity index (χ2n) is 13.4. The van der Waals surface area contributed by atoms with Gasteiger partial charge in [-0.25, -0.2) is 0 Å². The SMILES string of the molecule is CSCC[C@@H](NC(=O)[C@@H](N)Cc1ccc(O)cc1)C(=O)NCC(=O)N[C@@H](Cc1ccccc1)C(=O)N1C[C@H](O[C@@H]2O[C@H](CO)[C@H](O)[C@H](O)[C@H]2O)C[C@H]1C(N)=O. The van der Waals surface area contributed by atoms with Crippen LogP contribution in [0.4, 0.5) is 0 Å². The van der Waals surface area contributed by atoms with Crippen LogP contribution in [0.1, 0.15) is 24.0 Å². The number of rotatable bonds is 18. The topological polar surface area (TPSA) is 296 Å². The number of carbonyl (C=O) groups excluding carboxylic acids is 5. The number of nitrogens with one attached hydrogen (secondary N) is 3. The molecule has 2 fully saturated rings. The van der Waals surface area contributed by atoms with Gasteiger partial charge in [-0.15, -0.1) is 0 Å². The van der Waals surface area contributed by atoms with Crippen LogP contribution in [0, 0.1) is 0 Å². The van der Waals surface area contributed by atoms with Crippen LogP contribution in [0.2, 0.25) is 0 Å². The van der Waals surface area contributed by atoms with Crippen molar-refractivity contribution in [1.29, 1.82) is 0 Å². The van der Waals surface area contributed by atoms with Crippen LogP contribution in [-0.2, 0) is 46.3 Å². The molecule has 2 aliphatic rings. The molecule has 4 rings (SSSR count). The number of phenols is 1. The molecule has 0 saturated carbocycles. The second kappa shape index (κ2) is 20.5. The van der Waals surface area contributed by atoms with Gasteiger partial charge in [0.15, 0.2) is 6.29 Å². The van der Waals surface area contributed by atoms with Gasteiger partial charge in [0.25, 0.3) is 0 Å². The standard InChI is InChI=1S/C36H50N6O12S/c1-55-12-11-24(41-33(50)23(37)13-20-7-9-21(44)10-8-20)34(51)39-16-28(45)40-25(14-19-5-3-2-4-6-19)35(52)42-17-22(15-26(42)32(38)49)53-36-31(48)30(47)29(46)27(18-43)54-36/h2-10,22-27,29-31,36,43-44,46-48H,11-18,37H2,1H3,(H2,38,49)(H,39,51)(H,40,45)(H,41,50)/t22-,23+,24-,25+,26+,27-,29+,30+,31-,36-/m1/s1. The Morgan fingerprint density at radius 3 is 2.24 bits per heavy atom. The van der Waals surface area contributed by atoms with Crippen LogP contribution in [0.25, 0.3) is 0 Å². The zero-order chi connectivity index (χ0) is 40.2. The maximum absolute atomic E-state index is 14.1. The summed E-state index contributed by atoms with van der Waals surface area (Å²) >= 11 is 1.45. The predicted octanol–water partition coefficient (Wildman–Crippen LogP) is -3.39. The lowest BCUT2D eigenvalue weighted by Crippen LogP contribution is -2.59. The van der Waals surface area contributed by atoms with Gasteiger partial charge >= 0.3 is 0 Å². The third kappa shape index (κ3) is 12.1. The number of hydrogen-bond acceptors (Lipinski definition) is 14. The smallest absolute Gasteiger partial charge is 0.246 e.